The van der Waals surface area contributed by atoms with Crippen molar-refractivity contribution in [2.75, 3.05) is 13.1 Å². The Kier molecular flexibility index (Phi) is 2.67. The van der Waals surface area contributed by atoms with Crippen molar-refractivity contribution < 1.29 is 5.11 Å². The Balaban J connectivity index is 2.38. The van der Waals surface area contributed by atoms with E-state index in [0.29, 0.717) is 17.4 Å². The van der Waals surface area contributed by atoms with Crippen molar-refractivity contribution in [2.24, 2.45) is 7.05 Å². The molecule has 1 atom stereocenters. The summed E-state index contributed by atoms with van der Waals surface area (Å²) in [6.45, 7) is 1.45. The lowest BCUT2D eigenvalue weighted by molar-refractivity contribution is 0.474. The van der Waals surface area contributed by atoms with E-state index in [4.69, 9.17) is 0 Å². The quantitative estimate of drug-likeness (QED) is 0.754. The highest BCUT2D eigenvalue weighted by Gasteiger charge is 2.22. The van der Waals surface area contributed by atoms with Crippen LogP contribution in [-0.2, 0) is 7.05 Å². The number of aromatic hydroxyl groups is 1. The molecule has 1 aliphatic rings. The first-order valence-corrected chi connectivity index (χ1v) is 6.24. The van der Waals surface area contributed by atoms with Gasteiger partial charge in [-0.25, -0.2) is 4.79 Å². The van der Waals surface area contributed by atoms with Gasteiger partial charge in [0.25, 0.3) is 5.56 Å². The molecule has 0 bridgehead atoms. The normalized spacial score (nSPS) is 19.1. The van der Waals surface area contributed by atoms with E-state index in [9.17, 15) is 14.7 Å². The smallest absolute Gasteiger partial charge is 0.331 e. The summed E-state index contributed by atoms with van der Waals surface area (Å²) in [6, 6.07) is 4.37. The van der Waals surface area contributed by atoms with E-state index in [0.717, 1.165) is 13.0 Å². The highest BCUT2D eigenvalue weighted by molar-refractivity contribution is 5.79. The van der Waals surface area contributed by atoms with Gasteiger partial charge in [-0.15, -0.1) is 0 Å². The molecule has 0 radical (unpaired) electrons. The predicted octanol–water partition coefficient (Wildman–Crippen LogP) is -0.0598. The Labute approximate surface area is 108 Å². The molecule has 1 unspecified atom stereocenters. The fraction of sp³-hybridized carbons (Fsp3) is 0.385. The summed E-state index contributed by atoms with van der Waals surface area (Å²) in [5.74, 6) is 0.0437. The maximum Gasteiger partial charge on any atom is 0.331 e. The standard InChI is InChI=1S/C13H15N3O3/c1-15-11-6-9(17)2-3-10(11)12(18)16(13(15)19)8-4-5-14-7-8/h2-3,6,8,14,17H,4-5,7H2,1H3. The van der Waals surface area contributed by atoms with Crippen molar-refractivity contribution in [2.45, 2.75) is 12.5 Å². The fourth-order valence-corrected chi connectivity index (χ4v) is 2.64. The predicted molar refractivity (Wildman–Crippen MR) is 71.6 cm³/mol. The minimum absolute atomic E-state index is 0.0437. The van der Waals surface area contributed by atoms with Gasteiger partial charge in [0.15, 0.2) is 0 Å². The third-order valence-electron chi connectivity index (χ3n) is 3.68. The Morgan fingerprint density at radius 3 is 2.84 bits per heavy atom. The molecular weight excluding hydrogens is 246 g/mol. The summed E-state index contributed by atoms with van der Waals surface area (Å²) in [5.41, 5.74) is -0.166. The van der Waals surface area contributed by atoms with E-state index in [1.165, 1.54) is 21.3 Å². The van der Waals surface area contributed by atoms with Gasteiger partial charge in [-0.05, 0) is 25.1 Å². The number of nitrogens with zero attached hydrogens (tertiary/aromatic N) is 2. The first kappa shape index (κ1) is 12.0. The van der Waals surface area contributed by atoms with Crippen molar-refractivity contribution >= 4 is 10.9 Å². The van der Waals surface area contributed by atoms with E-state index in [2.05, 4.69) is 5.32 Å². The molecule has 1 saturated heterocycles. The monoisotopic (exact) mass is 261 g/mol. The van der Waals surface area contributed by atoms with E-state index in [1.54, 1.807) is 13.1 Å². The SMILES string of the molecule is Cn1c(=O)n(C2CCNC2)c(=O)c2ccc(O)cc21. The highest BCUT2D eigenvalue weighted by Crippen LogP contribution is 2.17. The molecule has 2 N–H and O–H groups in total. The first-order chi connectivity index (χ1) is 9.09. The molecule has 0 saturated carbocycles. The van der Waals surface area contributed by atoms with Crippen molar-refractivity contribution in [3.63, 3.8) is 0 Å². The third-order valence-corrected chi connectivity index (χ3v) is 3.68. The molecule has 0 spiro atoms. The van der Waals surface area contributed by atoms with Crippen LogP contribution in [-0.4, -0.2) is 27.3 Å². The average Bonchev–Trinajstić information content (AvgIpc) is 2.90. The number of rotatable bonds is 1. The number of aromatic nitrogens is 2. The van der Waals surface area contributed by atoms with Gasteiger partial charge in [0.1, 0.15) is 5.75 Å². The van der Waals surface area contributed by atoms with E-state index in [-0.39, 0.29) is 23.0 Å². The Bertz CT molecular complexity index is 754. The van der Waals surface area contributed by atoms with Crippen molar-refractivity contribution in [1.29, 1.82) is 0 Å². The van der Waals surface area contributed by atoms with Gasteiger partial charge in [-0.3, -0.25) is 13.9 Å². The van der Waals surface area contributed by atoms with E-state index in [1.807, 2.05) is 0 Å². The second-order valence-corrected chi connectivity index (χ2v) is 4.86. The summed E-state index contributed by atoms with van der Waals surface area (Å²) in [6.07, 6.45) is 0.777. The summed E-state index contributed by atoms with van der Waals surface area (Å²) < 4.78 is 2.73. The van der Waals surface area contributed by atoms with Crippen molar-refractivity contribution in [1.82, 2.24) is 14.5 Å². The van der Waals surface area contributed by atoms with Gasteiger partial charge in [-0.1, -0.05) is 0 Å². The number of aryl methyl sites for hydroxylation is 1. The van der Waals surface area contributed by atoms with E-state index >= 15 is 0 Å². The van der Waals surface area contributed by atoms with Gasteiger partial charge >= 0.3 is 5.69 Å². The van der Waals surface area contributed by atoms with Gasteiger partial charge in [0.2, 0.25) is 0 Å². The molecule has 6 nitrogen and oxygen atoms in total. The van der Waals surface area contributed by atoms with Crippen LogP contribution in [0.25, 0.3) is 10.9 Å². The maximum atomic E-state index is 12.4. The third kappa shape index (κ3) is 1.76. The Morgan fingerprint density at radius 2 is 2.16 bits per heavy atom. The second-order valence-electron chi connectivity index (χ2n) is 4.86. The summed E-state index contributed by atoms with van der Waals surface area (Å²) >= 11 is 0. The minimum Gasteiger partial charge on any atom is -0.508 e. The van der Waals surface area contributed by atoms with Crippen molar-refractivity contribution in [3.05, 3.63) is 39.0 Å². The zero-order valence-corrected chi connectivity index (χ0v) is 10.6. The van der Waals surface area contributed by atoms with Crippen molar-refractivity contribution in [3.8, 4) is 5.75 Å². The number of fused-ring (bicyclic) bond motifs is 1. The van der Waals surface area contributed by atoms with Crippen LogP contribution in [0.15, 0.2) is 27.8 Å². The Hall–Kier alpha value is -2.08. The molecule has 2 heterocycles. The minimum atomic E-state index is -0.336. The number of nitrogens with one attached hydrogen (secondary N) is 1. The topological polar surface area (TPSA) is 76.3 Å². The molecule has 3 rings (SSSR count). The number of hydrogen-bond donors (Lipinski definition) is 2. The van der Waals surface area contributed by atoms with Crippen LogP contribution in [0.1, 0.15) is 12.5 Å². The van der Waals surface area contributed by atoms with Crippen LogP contribution in [0.5, 0.6) is 5.75 Å². The summed E-state index contributed by atoms with van der Waals surface area (Å²) in [5, 5.41) is 13.1. The molecule has 0 aliphatic carbocycles. The van der Waals surface area contributed by atoms with Crippen LogP contribution in [0.3, 0.4) is 0 Å². The van der Waals surface area contributed by atoms with Gasteiger partial charge in [0, 0.05) is 19.7 Å². The van der Waals surface area contributed by atoms with Crippen LogP contribution in [0, 0.1) is 0 Å². The molecule has 6 heteroatoms. The molecule has 1 fully saturated rings. The second kappa shape index (κ2) is 4.24. The molecule has 19 heavy (non-hydrogen) atoms. The zero-order valence-electron chi connectivity index (χ0n) is 10.6. The largest absolute Gasteiger partial charge is 0.508 e. The molecule has 1 aromatic heterocycles. The van der Waals surface area contributed by atoms with Crippen LogP contribution in [0.2, 0.25) is 0 Å². The molecule has 100 valence electrons. The molecule has 0 amide bonds. The van der Waals surface area contributed by atoms with Gasteiger partial charge in [-0.2, -0.15) is 0 Å². The molecule has 1 aromatic carbocycles. The number of phenolic OH excluding ortho intramolecular Hbond substituents is 1. The molecule has 2 aromatic rings. The number of hydrogen-bond acceptors (Lipinski definition) is 4. The van der Waals surface area contributed by atoms with Crippen LogP contribution in [0.4, 0.5) is 0 Å². The van der Waals surface area contributed by atoms with E-state index < -0.39 is 0 Å². The van der Waals surface area contributed by atoms with Gasteiger partial charge < -0.3 is 10.4 Å². The zero-order chi connectivity index (χ0) is 13.6. The lowest BCUT2D eigenvalue weighted by atomic mass is 10.2. The number of phenols is 1. The highest BCUT2D eigenvalue weighted by atomic mass is 16.3. The first-order valence-electron chi connectivity index (χ1n) is 6.24. The summed E-state index contributed by atoms with van der Waals surface area (Å²) in [7, 11) is 1.61. The Morgan fingerprint density at radius 1 is 1.37 bits per heavy atom. The van der Waals surface area contributed by atoms with Gasteiger partial charge in [0.05, 0.1) is 16.9 Å². The van der Waals surface area contributed by atoms with Crippen LogP contribution < -0.4 is 16.6 Å². The maximum absolute atomic E-state index is 12.4. The lowest BCUT2D eigenvalue weighted by Crippen LogP contribution is -2.42. The van der Waals surface area contributed by atoms with Crippen LogP contribution >= 0.6 is 0 Å². The molecular formula is C13H15N3O3. The number of benzene rings is 1. The molecule has 1 aliphatic heterocycles. The fourth-order valence-electron chi connectivity index (χ4n) is 2.64. The average molecular weight is 261 g/mol. The lowest BCUT2D eigenvalue weighted by Gasteiger charge is -2.15. The summed E-state index contributed by atoms with van der Waals surface area (Å²) in [4.78, 5) is 24.8.